The summed E-state index contributed by atoms with van der Waals surface area (Å²) in [5, 5.41) is 0. The number of carbonyl (C=O) groups is 1. The molecule has 2 saturated heterocycles. The number of carbonyl (C=O) groups excluding carboxylic acids is 1. The molecule has 2 aliphatic heterocycles. The second-order valence-electron chi connectivity index (χ2n) is 8.32. The maximum absolute atomic E-state index is 13.3. The standard InChI is InChI=1S/C21H32N2O4S/c1-15-7-9-23(10-8-15)28(25,26)20-13-18(12-16(2)17(20)3)21(24)22(4)14-19-6-5-11-27-19/h12-13,15,19H,5-11,14H2,1-4H3. The highest BCUT2D eigenvalue weighted by molar-refractivity contribution is 7.89. The predicted molar refractivity (Wildman–Crippen MR) is 109 cm³/mol. The second kappa shape index (κ2) is 8.51. The van der Waals surface area contributed by atoms with Crippen molar-refractivity contribution in [3.63, 3.8) is 0 Å². The first-order valence-electron chi connectivity index (χ1n) is 10.2. The molecular weight excluding hydrogens is 376 g/mol. The fraction of sp³-hybridized carbons (Fsp3) is 0.667. The van der Waals surface area contributed by atoms with Crippen LogP contribution in [0.15, 0.2) is 17.0 Å². The summed E-state index contributed by atoms with van der Waals surface area (Å²) in [6.45, 7) is 8.19. The minimum atomic E-state index is -3.60. The number of nitrogens with zero attached hydrogens (tertiary/aromatic N) is 2. The molecule has 156 valence electrons. The highest BCUT2D eigenvalue weighted by atomic mass is 32.2. The van der Waals surface area contributed by atoms with E-state index in [0.29, 0.717) is 31.1 Å². The van der Waals surface area contributed by atoms with Gasteiger partial charge in [0.15, 0.2) is 0 Å². The van der Waals surface area contributed by atoms with Crippen LogP contribution in [-0.4, -0.2) is 62.9 Å². The lowest BCUT2D eigenvalue weighted by atomic mass is 10.0. The molecule has 0 aliphatic carbocycles. The van der Waals surface area contributed by atoms with Gasteiger partial charge in [0.25, 0.3) is 5.91 Å². The van der Waals surface area contributed by atoms with Gasteiger partial charge in [-0.05, 0) is 68.7 Å². The Morgan fingerprint density at radius 3 is 2.50 bits per heavy atom. The van der Waals surface area contributed by atoms with E-state index < -0.39 is 10.0 Å². The Morgan fingerprint density at radius 2 is 1.89 bits per heavy atom. The Labute approximate surface area is 168 Å². The van der Waals surface area contributed by atoms with Crippen molar-refractivity contribution in [3.05, 3.63) is 28.8 Å². The Balaban J connectivity index is 1.86. The Bertz CT molecular complexity index is 823. The van der Waals surface area contributed by atoms with Crippen molar-refractivity contribution in [2.24, 2.45) is 5.92 Å². The lowest BCUT2D eigenvalue weighted by Gasteiger charge is -2.30. The van der Waals surface area contributed by atoms with Gasteiger partial charge in [-0.15, -0.1) is 0 Å². The van der Waals surface area contributed by atoms with Crippen LogP contribution in [0.4, 0.5) is 0 Å². The number of likely N-dealkylation sites (N-methyl/N-ethyl adjacent to an activating group) is 1. The van der Waals surface area contributed by atoms with Crippen LogP contribution in [0.2, 0.25) is 0 Å². The summed E-state index contributed by atoms with van der Waals surface area (Å²) in [6.07, 6.45) is 3.80. The summed E-state index contributed by atoms with van der Waals surface area (Å²) in [4.78, 5) is 14.9. The third-order valence-electron chi connectivity index (χ3n) is 6.08. The van der Waals surface area contributed by atoms with E-state index in [0.717, 1.165) is 43.4 Å². The molecule has 0 bridgehead atoms. The molecule has 2 heterocycles. The van der Waals surface area contributed by atoms with Gasteiger partial charge in [-0.1, -0.05) is 6.92 Å². The van der Waals surface area contributed by atoms with Crippen molar-refractivity contribution >= 4 is 15.9 Å². The van der Waals surface area contributed by atoms with E-state index in [-0.39, 0.29) is 16.9 Å². The minimum Gasteiger partial charge on any atom is -0.376 e. The Morgan fingerprint density at radius 1 is 1.21 bits per heavy atom. The molecule has 1 aromatic rings. The monoisotopic (exact) mass is 408 g/mol. The molecule has 6 nitrogen and oxygen atoms in total. The fourth-order valence-corrected chi connectivity index (χ4v) is 5.77. The first kappa shape index (κ1) is 21.3. The topological polar surface area (TPSA) is 66.9 Å². The maximum Gasteiger partial charge on any atom is 0.253 e. The van der Waals surface area contributed by atoms with Gasteiger partial charge in [0.05, 0.1) is 11.0 Å². The number of ether oxygens (including phenoxy) is 1. The molecule has 7 heteroatoms. The SMILES string of the molecule is Cc1cc(C(=O)N(C)CC2CCCO2)cc(S(=O)(=O)N2CCC(C)CC2)c1C. The molecule has 2 fully saturated rings. The molecule has 3 rings (SSSR count). The van der Waals surface area contributed by atoms with Crippen LogP contribution in [-0.2, 0) is 14.8 Å². The normalized spacial score (nSPS) is 21.8. The third-order valence-corrected chi connectivity index (χ3v) is 8.10. The van der Waals surface area contributed by atoms with Gasteiger partial charge >= 0.3 is 0 Å². The molecule has 1 amide bonds. The molecular formula is C21H32N2O4S. The van der Waals surface area contributed by atoms with Crippen molar-refractivity contribution in [1.82, 2.24) is 9.21 Å². The molecule has 1 unspecified atom stereocenters. The number of hydrogen-bond acceptors (Lipinski definition) is 4. The number of aryl methyl sites for hydroxylation is 1. The van der Waals surface area contributed by atoms with Crippen LogP contribution < -0.4 is 0 Å². The third kappa shape index (κ3) is 4.42. The van der Waals surface area contributed by atoms with E-state index in [1.54, 1.807) is 28.4 Å². The molecule has 1 atom stereocenters. The van der Waals surface area contributed by atoms with Crippen molar-refractivity contribution in [1.29, 1.82) is 0 Å². The van der Waals surface area contributed by atoms with Crippen LogP contribution in [0.25, 0.3) is 0 Å². The van der Waals surface area contributed by atoms with Crippen LogP contribution >= 0.6 is 0 Å². The smallest absolute Gasteiger partial charge is 0.253 e. The highest BCUT2D eigenvalue weighted by Crippen LogP contribution is 2.28. The van der Waals surface area contributed by atoms with Crippen molar-refractivity contribution < 1.29 is 17.9 Å². The van der Waals surface area contributed by atoms with Gasteiger partial charge in [-0.3, -0.25) is 4.79 Å². The van der Waals surface area contributed by atoms with E-state index >= 15 is 0 Å². The van der Waals surface area contributed by atoms with Gasteiger partial charge in [0, 0.05) is 38.9 Å². The van der Waals surface area contributed by atoms with Gasteiger partial charge in [0.2, 0.25) is 10.0 Å². The summed E-state index contributed by atoms with van der Waals surface area (Å²) in [5.41, 5.74) is 1.96. The summed E-state index contributed by atoms with van der Waals surface area (Å²) < 4.78 is 33.7. The highest BCUT2D eigenvalue weighted by Gasteiger charge is 2.31. The molecule has 1 aromatic carbocycles. The number of hydrogen-bond donors (Lipinski definition) is 0. The largest absolute Gasteiger partial charge is 0.376 e. The van der Waals surface area contributed by atoms with Crippen LogP contribution in [0.5, 0.6) is 0 Å². The van der Waals surface area contributed by atoms with Crippen molar-refractivity contribution in [3.8, 4) is 0 Å². The zero-order chi connectivity index (χ0) is 20.5. The van der Waals surface area contributed by atoms with Crippen molar-refractivity contribution in [2.45, 2.75) is 57.5 Å². The average molecular weight is 409 g/mol. The number of amides is 1. The Kier molecular flexibility index (Phi) is 6.47. The molecule has 0 saturated carbocycles. The lowest BCUT2D eigenvalue weighted by Crippen LogP contribution is -2.38. The van der Waals surface area contributed by atoms with Crippen LogP contribution in [0.1, 0.15) is 54.1 Å². The molecule has 0 radical (unpaired) electrons. The number of sulfonamides is 1. The second-order valence-corrected chi connectivity index (χ2v) is 10.2. The lowest BCUT2D eigenvalue weighted by molar-refractivity contribution is 0.0587. The van der Waals surface area contributed by atoms with E-state index in [9.17, 15) is 13.2 Å². The van der Waals surface area contributed by atoms with Gasteiger partial charge in [0.1, 0.15) is 0 Å². The van der Waals surface area contributed by atoms with Crippen molar-refractivity contribution in [2.75, 3.05) is 33.3 Å². The number of piperidine rings is 1. The van der Waals surface area contributed by atoms with Crippen LogP contribution in [0, 0.1) is 19.8 Å². The van der Waals surface area contributed by atoms with Gasteiger partial charge in [-0.25, -0.2) is 8.42 Å². The quantitative estimate of drug-likeness (QED) is 0.751. The van der Waals surface area contributed by atoms with E-state index in [1.807, 2.05) is 13.8 Å². The molecule has 0 aromatic heterocycles. The molecule has 0 spiro atoms. The number of rotatable bonds is 5. The summed E-state index contributed by atoms with van der Waals surface area (Å²) in [5.74, 6) is 0.385. The molecule has 0 N–H and O–H groups in total. The van der Waals surface area contributed by atoms with Crippen LogP contribution in [0.3, 0.4) is 0 Å². The average Bonchev–Trinajstić information content (AvgIpc) is 3.16. The van der Waals surface area contributed by atoms with E-state index in [2.05, 4.69) is 6.92 Å². The first-order valence-corrected chi connectivity index (χ1v) is 11.6. The fourth-order valence-electron chi connectivity index (χ4n) is 3.98. The van der Waals surface area contributed by atoms with E-state index in [4.69, 9.17) is 4.74 Å². The zero-order valence-corrected chi connectivity index (χ0v) is 18.2. The summed E-state index contributed by atoms with van der Waals surface area (Å²) in [6, 6.07) is 3.35. The minimum absolute atomic E-state index is 0.0686. The summed E-state index contributed by atoms with van der Waals surface area (Å²) >= 11 is 0. The Hall–Kier alpha value is -1.44. The number of benzene rings is 1. The maximum atomic E-state index is 13.3. The van der Waals surface area contributed by atoms with Gasteiger partial charge < -0.3 is 9.64 Å². The zero-order valence-electron chi connectivity index (χ0n) is 17.4. The van der Waals surface area contributed by atoms with E-state index in [1.165, 1.54) is 0 Å². The predicted octanol–water partition coefficient (Wildman–Crippen LogP) is 2.98. The molecule has 2 aliphatic rings. The first-order chi connectivity index (χ1) is 13.2. The van der Waals surface area contributed by atoms with Gasteiger partial charge in [-0.2, -0.15) is 4.31 Å². The summed E-state index contributed by atoms with van der Waals surface area (Å²) in [7, 11) is -1.86. The molecule has 28 heavy (non-hydrogen) atoms.